The average Bonchev–Trinajstić information content (AvgIpc) is 2.59. The number of benzene rings is 2. The lowest BCUT2D eigenvalue weighted by atomic mass is 10.2. The van der Waals surface area contributed by atoms with Crippen molar-refractivity contribution < 1.29 is 17.9 Å². The molecule has 0 aliphatic carbocycles. The van der Waals surface area contributed by atoms with Crippen molar-refractivity contribution in [3.63, 3.8) is 0 Å². The zero-order chi connectivity index (χ0) is 19.3. The lowest BCUT2D eigenvalue weighted by Crippen LogP contribution is -2.27. The number of methoxy groups -OCH3 is 1. The van der Waals surface area contributed by atoms with Gasteiger partial charge in [-0.2, -0.15) is 0 Å². The molecule has 0 heterocycles. The summed E-state index contributed by atoms with van der Waals surface area (Å²) in [6, 6.07) is 11.1. The summed E-state index contributed by atoms with van der Waals surface area (Å²) in [5.41, 5.74) is 1.68. The molecular formula is C19H24N2O4S. The molecule has 2 N–H and O–H groups in total. The highest BCUT2D eigenvalue weighted by Gasteiger charge is 2.17. The van der Waals surface area contributed by atoms with Gasteiger partial charge < -0.3 is 10.1 Å². The average molecular weight is 376 g/mol. The third-order valence-electron chi connectivity index (χ3n) is 3.70. The van der Waals surface area contributed by atoms with Crippen molar-refractivity contribution in [2.75, 3.05) is 18.4 Å². The van der Waals surface area contributed by atoms with Gasteiger partial charge in [0.15, 0.2) is 0 Å². The van der Waals surface area contributed by atoms with Crippen LogP contribution in [0.15, 0.2) is 47.4 Å². The first-order valence-corrected chi connectivity index (χ1v) is 9.77. The summed E-state index contributed by atoms with van der Waals surface area (Å²) >= 11 is 0. The zero-order valence-corrected chi connectivity index (χ0v) is 16.2. The molecule has 6 nitrogen and oxygen atoms in total. The topological polar surface area (TPSA) is 84.5 Å². The molecule has 0 saturated heterocycles. The lowest BCUT2D eigenvalue weighted by Gasteiger charge is -2.13. The Kier molecular flexibility index (Phi) is 6.26. The Morgan fingerprint density at radius 2 is 1.77 bits per heavy atom. The van der Waals surface area contributed by atoms with E-state index < -0.39 is 10.0 Å². The number of ether oxygens (including phenoxy) is 1. The number of nitrogens with one attached hydrogen (secondary N) is 2. The van der Waals surface area contributed by atoms with E-state index in [0.29, 0.717) is 29.5 Å². The van der Waals surface area contributed by atoms with Gasteiger partial charge in [-0.1, -0.05) is 19.9 Å². The van der Waals surface area contributed by atoms with Gasteiger partial charge in [0.05, 0.1) is 17.7 Å². The fourth-order valence-electron chi connectivity index (χ4n) is 2.29. The van der Waals surface area contributed by atoms with Crippen molar-refractivity contribution in [3.05, 3.63) is 53.6 Å². The summed E-state index contributed by atoms with van der Waals surface area (Å²) in [5, 5.41) is 2.80. The number of hydrogen-bond acceptors (Lipinski definition) is 4. The Morgan fingerprint density at radius 1 is 1.12 bits per heavy atom. The van der Waals surface area contributed by atoms with Crippen molar-refractivity contribution in [2.24, 2.45) is 5.92 Å². The minimum atomic E-state index is -3.79. The van der Waals surface area contributed by atoms with Crippen LogP contribution >= 0.6 is 0 Å². The molecule has 2 rings (SSSR count). The molecule has 7 heteroatoms. The van der Waals surface area contributed by atoms with E-state index in [2.05, 4.69) is 10.0 Å². The van der Waals surface area contributed by atoms with Crippen LogP contribution in [0.5, 0.6) is 5.75 Å². The first-order valence-electron chi connectivity index (χ1n) is 8.28. The number of anilines is 1. The summed E-state index contributed by atoms with van der Waals surface area (Å²) in [5.74, 6) is 0.548. The third kappa shape index (κ3) is 4.98. The maximum absolute atomic E-state index is 12.6. The van der Waals surface area contributed by atoms with Gasteiger partial charge in [0.25, 0.3) is 15.9 Å². The molecule has 0 unspecified atom stereocenters. The van der Waals surface area contributed by atoms with Crippen LogP contribution in [0.2, 0.25) is 0 Å². The Labute approximate surface area is 154 Å². The summed E-state index contributed by atoms with van der Waals surface area (Å²) in [4.78, 5) is 12.1. The molecule has 0 saturated carbocycles. The number of rotatable bonds is 7. The third-order valence-corrected chi connectivity index (χ3v) is 5.08. The molecule has 0 fully saturated rings. The Morgan fingerprint density at radius 3 is 2.35 bits per heavy atom. The van der Waals surface area contributed by atoms with Crippen LogP contribution in [0, 0.1) is 12.8 Å². The molecule has 0 aliphatic heterocycles. The van der Waals surface area contributed by atoms with Crippen molar-refractivity contribution in [1.29, 1.82) is 0 Å². The number of aryl methyl sites for hydroxylation is 1. The summed E-state index contributed by atoms with van der Waals surface area (Å²) in [6.07, 6.45) is 0. The number of amides is 1. The first kappa shape index (κ1) is 19.8. The highest BCUT2D eigenvalue weighted by atomic mass is 32.2. The Hall–Kier alpha value is -2.54. The van der Waals surface area contributed by atoms with Gasteiger partial charge in [0.2, 0.25) is 0 Å². The van der Waals surface area contributed by atoms with Crippen molar-refractivity contribution in [3.8, 4) is 5.75 Å². The van der Waals surface area contributed by atoms with E-state index in [1.54, 1.807) is 12.1 Å². The normalized spacial score (nSPS) is 11.3. The zero-order valence-electron chi connectivity index (χ0n) is 15.4. The fraction of sp³-hybridized carbons (Fsp3) is 0.316. The van der Waals surface area contributed by atoms with Crippen LogP contribution in [0.4, 0.5) is 5.69 Å². The Bertz CT molecular complexity index is 875. The quantitative estimate of drug-likeness (QED) is 0.777. The number of carbonyl (C=O) groups is 1. The highest BCUT2D eigenvalue weighted by Crippen LogP contribution is 2.27. The van der Waals surface area contributed by atoms with E-state index in [9.17, 15) is 13.2 Å². The SMILES string of the molecule is COc1ccc(C)cc1NS(=O)(=O)c1ccc(C(=O)NCC(C)C)cc1. The molecule has 2 aromatic rings. The molecule has 2 aromatic carbocycles. The van der Waals surface area contributed by atoms with Crippen LogP contribution < -0.4 is 14.8 Å². The van der Waals surface area contributed by atoms with Crippen molar-refractivity contribution in [2.45, 2.75) is 25.7 Å². The molecule has 0 aromatic heterocycles. The standard InChI is InChI=1S/C19H24N2O4S/c1-13(2)12-20-19(22)15-6-8-16(9-7-15)26(23,24)21-17-11-14(3)5-10-18(17)25-4/h5-11,13,21H,12H2,1-4H3,(H,20,22). The second-order valence-electron chi connectivity index (χ2n) is 6.44. The summed E-state index contributed by atoms with van der Waals surface area (Å²) in [6.45, 7) is 6.43. The van der Waals surface area contributed by atoms with Crippen LogP contribution in [0.1, 0.15) is 29.8 Å². The van der Waals surface area contributed by atoms with E-state index in [0.717, 1.165) is 5.56 Å². The van der Waals surface area contributed by atoms with E-state index in [4.69, 9.17) is 4.74 Å². The summed E-state index contributed by atoms with van der Waals surface area (Å²) < 4.78 is 32.9. The van der Waals surface area contributed by atoms with Gasteiger partial charge in [0, 0.05) is 12.1 Å². The van der Waals surface area contributed by atoms with Gasteiger partial charge in [-0.25, -0.2) is 8.42 Å². The maximum atomic E-state index is 12.6. The van der Waals surface area contributed by atoms with Crippen molar-refractivity contribution >= 4 is 21.6 Å². The van der Waals surface area contributed by atoms with Gasteiger partial charge in [-0.05, 0) is 54.8 Å². The summed E-state index contributed by atoms with van der Waals surface area (Å²) in [7, 11) is -2.31. The largest absolute Gasteiger partial charge is 0.495 e. The fourth-order valence-corrected chi connectivity index (χ4v) is 3.35. The van der Waals surface area contributed by atoms with Crippen LogP contribution in [0.3, 0.4) is 0 Å². The smallest absolute Gasteiger partial charge is 0.262 e. The van der Waals surface area contributed by atoms with E-state index >= 15 is 0 Å². The number of carbonyl (C=O) groups excluding carboxylic acids is 1. The number of sulfonamides is 1. The van der Waals surface area contributed by atoms with Gasteiger partial charge in [0.1, 0.15) is 5.75 Å². The molecule has 0 bridgehead atoms. The lowest BCUT2D eigenvalue weighted by molar-refractivity contribution is 0.0949. The van der Waals surface area contributed by atoms with E-state index in [-0.39, 0.29) is 10.8 Å². The molecule has 140 valence electrons. The van der Waals surface area contributed by atoms with Crippen LogP contribution in [0.25, 0.3) is 0 Å². The molecular weight excluding hydrogens is 352 g/mol. The molecule has 0 aliphatic rings. The second-order valence-corrected chi connectivity index (χ2v) is 8.12. The monoisotopic (exact) mass is 376 g/mol. The molecule has 1 amide bonds. The molecule has 0 spiro atoms. The highest BCUT2D eigenvalue weighted by molar-refractivity contribution is 7.92. The number of hydrogen-bond donors (Lipinski definition) is 2. The van der Waals surface area contributed by atoms with E-state index in [1.807, 2.05) is 26.8 Å². The maximum Gasteiger partial charge on any atom is 0.262 e. The van der Waals surface area contributed by atoms with Gasteiger partial charge in [-0.15, -0.1) is 0 Å². The van der Waals surface area contributed by atoms with E-state index in [1.165, 1.54) is 31.4 Å². The second kappa shape index (κ2) is 8.23. The Balaban J connectivity index is 2.20. The van der Waals surface area contributed by atoms with Crippen molar-refractivity contribution in [1.82, 2.24) is 5.32 Å². The van der Waals surface area contributed by atoms with Crippen LogP contribution in [-0.4, -0.2) is 28.0 Å². The first-order chi connectivity index (χ1) is 12.2. The molecule has 0 atom stereocenters. The van der Waals surface area contributed by atoms with Gasteiger partial charge >= 0.3 is 0 Å². The minimum Gasteiger partial charge on any atom is -0.495 e. The molecule has 26 heavy (non-hydrogen) atoms. The minimum absolute atomic E-state index is 0.0708. The predicted octanol–water partition coefficient (Wildman–Crippen LogP) is 3.19. The molecule has 0 radical (unpaired) electrons. The van der Waals surface area contributed by atoms with Crippen LogP contribution in [-0.2, 0) is 10.0 Å². The predicted molar refractivity (Wildman–Crippen MR) is 102 cm³/mol. The van der Waals surface area contributed by atoms with Gasteiger partial charge in [-0.3, -0.25) is 9.52 Å².